The highest BCUT2D eigenvalue weighted by molar-refractivity contribution is 14.1. The SMILES string of the molecule is Cc1nn2c(Cl)c(-c3ccccc3Br)c(Cl)nc2c1I. The third-order valence-corrected chi connectivity index (χ3v) is 5.49. The van der Waals surface area contributed by atoms with Crippen molar-refractivity contribution in [1.82, 2.24) is 14.6 Å². The molecule has 2 aromatic heterocycles. The van der Waals surface area contributed by atoms with Crippen molar-refractivity contribution >= 4 is 67.4 Å². The number of nitrogens with zero attached hydrogens (tertiary/aromatic N) is 3. The normalized spacial score (nSPS) is 11.2. The number of halogens is 4. The molecule has 7 heteroatoms. The second kappa shape index (κ2) is 5.44. The van der Waals surface area contributed by atoms with Gasteiger partial charge in [0.1, 0.15) is 10.3 Å². The highest BCUT2D eigenvalue weighted by Crippen LogP contribution is 2.38. The maximum atomic E-state index is 6.49. The van der Waals surface area contributed by atoms with Crippen LogP contribution < -0.4 is 0 Å². The van der Waals surface area contributed by atoms with Gasteiger partial charge in [0.05, 0.1) is 14.8 Å². The Bertz CT molecular complexity index is 832. The molecule has 20 heavy (non-hydrogen) atoms. The van der Waals surface area contributed by atoms with Gasteiger partial charge in [0.25, 0.3) is 0 Å². The maximum absolute atomic E-state index is 6.49. The van der Waals surface area contributed by atoms with Gasteiger partial charge in [0.2, 0.25) is 0 Å². The average molecular weight is 483 g/mol. The first-order valence-corrected chi connectivity index (χ1v) is 8.28. The molecule has 0 saturated heterocycles. The Balaban J connectivity index is 2.41. The molecule has 0 N–H and O–H groups in total. The summed E-state index contributed by atoms with van der Waals surface area (Å²) in [5.74, 6) is 0. The van der Waals surface area contributed by atoms with Gasteiger partial charge in [-0.3, -0.25) is 0 Å². The summed E-state index contributed by atoms with van der Waals surface area (Å²) in [6.45, 7) is 1.92. The quantitative estimate of drug-likeness (QED) is 0.344. The van der Waals surface area contributed by atoms with Gasteiger partial charge < -0.3 is 0 Å². The molecule has 1 aromatic carbocycles. The average Bonchev–Trinajstić information content (AvgIpc) is 2.69. The molecule has 102 valence electrons. The summed E-state index contributed by atoms with van der Waals surface area (Å²) < 4.78 is 3.48. The Kier molecular flexibility index (Phi) is 3.96. The number of hydrogen-bond donors (Lipinski definition) is 0. The first kappa shape index (κ1) is 14.6. The van der Waals surface area contributed by atoms with Gasteiger partial charge in [-0.1, -0.05) is 57.3 Å². The Morgan fingerprint density at radius 3 is 2.65 bits per heavy atom. The van der Waals surface area contributed by atoms with Crippen LogP contribution in [0.25, 0.3) is 16.8 Å². The minimum atomic E-state index is 0.368. The highest BCUT2D eigenvalue weighted by Gasteiger charge is 2.19. The number of fused-ring (bicyclic) bond motifs is 1. The minimum Gasteiger partial charge on any atom is -0.215 e. The Hall–Kier alpha value is -0.370. The van der Waals surface area contributed by atoms with Gasteiger partial charge in [-0.15, -0.1) is 0 Å². The third-order valence-electron chi connectivity index (χ3n) is 2.91. The zero-order valence-electron chi connectivity index (χ0n) is 10.2. The lowest BCUT2D eigenvalue weighted by atomic mass is 10.1. The largest absolute Gasteiger partial charge is 0.215 e. The van der Waals surface area contributed by atoms with Crippen LogP contribution in [0.15, 0.2) is 28.7 Å². The molecular weight excluding hydrogens is 476 g/mol. The number of aryl methyl sites for hydroxylation is 1. The number of benzene rings is 1. The van der Waals surface area contributed by atoms with Crippen LogP contribution in [0.5, 0.6) is 0 Å². The van der Waals surface area contributed by atoms with E-state index in [0.717, 1.165) is 19.3 Å². The molecule has 3 rings (SSSR count). The van der Waals surface area contributed by atoms with Crippen molar-refractivity contribution in [2.24, 2.45) is 0 Å². The number of aromatic nitrogens is 3. The zero-order valence-corrected chi connectivity index (χ0v) is 15.4. The van der Waals surface area contributed by atoms with E-state index in [2.05, 4.69) is 48.6 Å². The maximum Gasteiger partial charge on any atom is 0.172 e. The fraction of sp³-hybridized carbons (Fsp3) is 0.0769. The summed E-state index contributed by atoms with van der Waals surface area (Å²) in [5, 5.41) is 5.23. The molecule has 0 amide bonds. The third kappa shape index (κ3) is 2.24. The summed E-state index contributed by atoms with van der Waals surface area (Å²) in [4.78, 5) is 4.43. The van der Waals surface area contributed by atoms with Gasteiger partial charge in [-0.05, 0) is 35.6 Å². The summed E-state index contributed by atoms with van der Waals surface area (Å²) in [7, 11) is 0. The second-order valence-corrected chi connectivity index (χ2v) is 6.83. The van der Waals surface area contributed by atoms with Crippen LogP contribution in [-0.4, -0.2) is 14.6 Å². The number of hydrogen-bond acceptors (Lipinski definition) is 2. The predicted octanol–water partition coefficient (Wildman–Crippen LogP) is 5.38. The molecule has 0 saturated carbocycles. The monoisotopic (exact) mass is 481 g/mol. The predicted molar refractivity (Wildman–Crippen MR) is 93.6 cm³/mol. The molecule has 0 atom stereocenters. The smallest absolute Gasteiger partial charge is 0.172 e. The van der Waals surface area contributed by atoms with E-state index < -0.39 is 0 Å². The van der Waals surface area contributed by atoms with Crippen molar-refractivity contribution < 1.29 is 0 Å². The van der Waals surface area contributed by atoms with Gasteiger partial charge in [0.15, 0.2) is 5.65 Å². The van der Waals surface area contributed by atoms with Gasteiger partial charge in [0, 0.05) is 10.0 Å². The van der Waals surface area contributed by atoms with Crippen molar-refractivity contribution in [3.63, 3.8) is 0 Å². The lowest BCUT2D eigenvalue weighted by Crippen LogP contribution is -1.98. The summed E-state index contributed by atoms with van der Waals surface area (Å²) >= 11 is 18.5. The lowest BCUT2D eigenvalue weighted by Gasteiger charge is -2.10. The molecule has 0 aliphatic rings. The second-order valence-electron chi connectivity index (χ2n) is 4.18. The Morgan fingerprint density at radius 2 is 1.95 bits per heavy atom. The van der Waals surface area contributed by atoms with Crippen molar-refractivity contribution in [2.75, 3.05) is 0 Å². The van der Waals surface area contributed by atoms with Crippen LogP contribution in [0.4, 0.5) is 0 Å². The summed E-state index contributed by atoms with van der Waals surface area (Å²) in [6.07, 6.45) is 0. The first-order chi connectivity index (χ1) is 9.50. The van der Waals surface area contributed by atoms with E-state index in [1.807, 2.05) is 31.2 Å². The van der Waals surface area contributed by atoms with Crippen LogP contribution in [0.3, 0.4) is 0 Å². The van der Waals surface area contributed by atoms with E-state index >= 15 is 0 Å². The van der Waals surface area contributed by atoms with E-state index in [-0.39, 0.29) is 0 Å². The lowest BCUT2D eigenvalue weighted by molar-refractivity contribution is 0.919. The van der Waals surface area contributed by atoms with E-state index in [1.165, 1.54) is 0 Å². The van der Waals surface area contributed by atoms with E-state index in [4.69, 9.17) is 23.2 Å². The molecule has 0 aliphatic heterocycles. The molecular formula is C13H7BrCl2IN3. The van der Waals surface area contributed by atoms with Crippen molar-refractivity contribution in [3.05, 3.63) is 48.3 Å². The summed E-state index contributed by atoms with van der Waals surface area (Å²) in [6, 6.07) is 7.73. The van der Waals surface area contributed by atoms with E-state index in [9.17, 15) is 0 Å². The Morgan fingerprint density at radius 1 is 1.25 bits per heavy atom. The van der Waals surface area contributed by atoms with Gasteiger partial charge >= 0.3 is 0 Å². The molecule has 0 aliphatic carbocycles. The highest BCUT2D eigenvalue weighted by atomic mass is 127. The molecule has 0 bridgehead atoms. The fourth-order valence-corrected chi connectivity index (χ4v) is 3.52. The minimum absolute atomic E-state index is 0.368. The van der Waals surface area contributed by atoms with Crippen LogP contribution >= 0.6 is 61.7 Å². The van der Waals surface area contributed by atoms with Crippen LogP contribution in [0.1, 0.15) is 5.69 Å². The van der Waals surface area contributed by atoms with Crippen LogP contribution in [0, 0.1) is 10.5 Å². The molecule has 0 unspecified atom stereocenters. The molecule has 0 spiro atoms. The van der Waals surface area contributed by atoms with Crippen LogP contribution in [-0.2, 0) is 0 Å². The molecule has 0 radical (unpaired) electrons. The molecule has 0 fully saturated rings. The van der Waals surface area contributed by atoms with Crippen LogP contribution in [0.2, 0.25) is 10.3 Å². The topological polar surface area (TPSA) is 30.2 Å². The molecule has 3 nitrogen and oxygen atoms in total. The fourth-order valence-electron chi connectivity index (χ4n) is 1.96. The molecule has 2 heterocycles. The number of rotatable bonds is 1. The molecule has 3 aromatic rings. The van der Waals surface area contributed by atoms with Crippen molar-refractivity contribution in [1.29, 1.82) is 0 Å². The first-order valence-electron chi connectivity index (χ1n) is 5.65. The van der Waals surface area contributed by atoms with E-state index in [1.54, 1.807) is 4.52 Å². The van der Waals surface area contributed by atoms with Gasteiger partial charge in [-0.25, -0.2) is 9.50 Å². The van der Waals surface area contributed by atoms with Crippen molar-refractivity contribution in [3.8, 4) is 11.1 Å². The summed E-state index contributed by atoms with van der Waals surface area (Å²) in [5.41, 5.74) is 3.11. The van der Waals surface area contributed by atoms with Gasteiger partial charge in [-0.2, -0.15) is 5.10 Å². The zero-order chi connectivity index (χ0) is 14.4. The van der Waals surface area contributed by atoms with E-state index in [0.29, 0.717) is 21.5 Å². The standard InChI is InChI=1S/C13H7BrCl2IN3/c1-6-10(17)13-18-11(15)9(12(16)20(13)19-6)7-4-2-3-5-8(7)14/h2-5H,1H3. The Labute approximate surface area is 147 Å². The van der Waals surface area contributed by atoms with Crippen molar-refractivity contribution in [2.45, 2.75) is 6.92 Å².